The monoisotopic (exact) mass is 277 g/mol. The smallest absolute Gasteiger partial charge is 0.299 e. The molecular weight excluding hydrogens is 262 g/mol. The van der Waals surface area contributed by atoms with Gasteiger partial charge in [-0.05, 0) is 37.2 Å². The summed E-state index contributed by atoms with van der Waals surface area (Å²) in [4.78, 5) is 22.8. The molecule has 0 unspecified atom stereocenters. The van der Waals surface area contributed by atoms with E-state index in [9.17, 15) is 20.2 Å². The van der Waals surface area contributed by atoms with Crippen LogP contribution >= 0.6 is 0 Å². The molecule has 1 aromatic rings. The SMILES string of the molecule is O=[N+]([O-])c1ccc(N2CCCC3(CC3)C2)c([N+](=O)[O-])c1. The van der Waals surface area contributed by atoms with E-state index in [0.29, 0.717) is 11.1 Å². The average Bonchev–Trinajstić information content (AvgIpc) is 3.17. The van der Waals surface area contributed by atoms with Crippen LogP contribution in [-0.4, -0.2) is 22.9 Å². The topological polar surface area (TPSA) is 89.5 Å². The maximum Gasteiger partial charge on any atom is 0.299 e. The third-order valence-corrected chi connectivity index (χ3v) is 4.33. The molecule has 2 aliphatic rings. The Kier molecular flexibility index (Phi) is 2.84. The average molecular weight is 277 g/mol. The van der Waals surface area contributed by atoms with Crippen molar-refractivity contribution in [1.29, 1.82) is 0 Å². The highest BCUT2D eigenvalue weighted by atomic mass is 16.6. The Bertz CT molecular complexity index is 583. The number of rotatable bonds is 3. The molecule has 1 spiro atoms. The second-order valence-corrected chi connectivity index (χ2v) is 5.71. The van der Waals surface area contributed by atoms with Crippen molar-refractivity contribution in [3.05, 3.63) is 38.4 Å². The number of piperidine rings is 1. The molecule has 0 amide bonds. The number of hydrogen-bond acceptors (Lipinski definition) is 5. The molecule has 20 heavy (non-hydrogen) atoms. The lowest BCUT2D eigenvalue weighted by Crippen LogP contribution is -2.36. The van der Waals surface area contributed by atoms with E-state index in [1.165, 1.54) is 31.4 Å². The van der Waals surface area contributed by atoms with E-state index in [0.717, 1.165) is 25.6 Å². The summed E-state index contributed by atoms with van der Waals surface area (Å²) in [7, 11) is 0. The van der Waals surface area contributed by atoms with Crippen molar-refractivity contribution in [2.24, 2.45) is 5.41 Å². The third-order valence-electron chi connectivity index (χ3n) is 4.33. The summed E-state index contributed by atoms with van der Waals surface area (Å²) in [5.74, 6) is 0. The Labute approximate surface area is 115 Å². The molecule has 0 aromatic heterocycles. The molecule has 7 nitrogen and oxygen atoms in total. The molecule has 1 aliphatic heterocycles. The highest BCUT2D eigenvalue weighted by Gasteiger charge is 2.46. The predicted octanol–water partition coefficient (Wildman–Crippen LogP) is 2.88. The number of nitro groups is 2. The molecule has 1 aliphatic carbocycles. The van der Waals surface area contributed by atoms with Crippen LogP contribution in [0.1, 0.15) is 25.7 Å². The zero-order valence-corrected chi connectivity index (χ0v) is 10.9. The number of nitrogens with zero attached hydrogens (tertiary/aromatic N) is 3. The quantitative estimate of drug-likeness (QED) is 0.626. The van der Waals surface area contributed by atoms with Crippen LogP contribution in [0.5, 0.6) is 0 Å². The van der Waals surface area contributed by atoms with Gasteiger partial charge in [-0.2, -0.15) is 0 Å². The van der Waals surface area contributed by atoms with Crippen molar-refractivity contribution in [2.45, 2.75) is 25.7 Å². The molecule has 1 saturated carbocycles. The van der Waals surface area contributed by atoms with E-state index in [-0.39, 0.29) is 11.4 Å². The van der Waals surface area contributed by atoms with Gasteiger partial charge >= 0.3 is 0 Å². The van der Waals surface area contributed by atoms with Gasteiger partial charge in [0.05, 0.1) is 15.9 Å². The molecule has 0 bridgehead atoms. The summed E-state index contributed by atoms with van der Waals surface area (Å²) < 4.78 is 0. The molecule has 2 fully saturated rings. The van der Waals surface area contributed by atoms with Gasteiger partial charge in [-0.15, -0.1) is 0 Å². The molecule has 0 atom stereocenters. The van der Waals surface area contributed by atoms with Gasteiger partial charge < -0.3 is 4.90 Å². The van der Waals surface area contributed by atoms with E-state index < -0.39 is 9.85 Å². The highest BCUT2D eigenvalue weighted by molar-refractivity contribution is 5.67. The fourth-order valence-corrected chi connectivity index (χ4v) is 3.04. The first-order valence-electron chi connectivity index (χ1n) is 6.69. The van der Waals surface area contributed by atoms with Gasteiger partial charge in [-0.25, -0.2) is 0 Å². The molecule has 106 valence electrons. The van der Waals surface area contributed by atoms with E-state index in [4.69, 9.17) is 0 Å². The Hall–Kier alpha value is -2.18. The minimum atomic E-state index is -0.602. The van der Waals surface area contributed by atoms with E-state index in [2.05, 4.69) is 0 Å². The van der Waals surface area contributed by atoms with Crippen molar-refractivity contribution in [3.63, 3.8) is 0 Å². The summed E-state index contributed by atoms with van der Waals surface area (Å²) in [6.07, 6.45) is 4.58. The van der Waals surface area contributed by atoms with Crippen molar-refractivity contribution < 1.29 is 9.85 Å². The molecule has 1 heterocycles. The van der Waals surface area contributed by atoms with Crippen molar-refractivity contribution in [1.82, 2.24) is 0 Å². The minimum absolute atomic E-state index is 0.170. The van der Waals surface area contributed by atoms with Gasteiger partial charge in [-0.1, -0.05) is 0 Å². The van der Waals surface area contributed by atoms with Crippen LogP contribution in [0.4, 0.5) is 17.1 Å². The summed E-state index contributed by atoms with van der Waals surface area (Å²) in [6, 6.07) is 3.91. The van der Waals surface area contributed by atoms with Crippen LogP contribution in [-0.2, 0) is 0 Å². The maximum absolute atomic E-state index is 11.2. The first-order valence-corrected chi connectivity index (χ1v) is 6.69. The predicted molar refractivity (Wildman–Crippen MR) is 72.9 cm³/mol. The van der Waals surface area contributed by atoms with Gasteiger partial charge in [0, 0.05) is 19.2 Å². The molecule has 1 aromatic carbocycles. The minimum Gasteiger partial charge on any atom is -0.365 e. The highest BCUT2D eigenvalue weighted by Crippen LogP contribution is 2.53. The summed E-state index contributed by atoms with van der Waals surface area (Å²) in [5, 5.41) is 21.9. The van der Waals surface area contributed by atoms with Crippen molar-refractivity contribution in [2.75, 3.05) is 18.0 Å². The molecular formula is C13H15N3O4. The normalized spacial score (nSPS) is 19.9. The van der Waals surface area contributed by atoms with Crippen LogP contribution in [0.25, 0.3) is 0 Å². The lowest BCUT2D eigenvalue weighted by molar-refractivity contribution is -0.393. The van der Waals surface area contributed by atoms with Crippen molar-refractivity contribution in [3.8, 4) is 0 Å². The van der Waals surface area contributed by atoms with E-state index in [1.54, 1.807) is 0 Å². The van der Waals surface area contributed by atoms with Crippen LogP contribution in [0.15, 0.2) is 18.2 Å². The number of hydrogen-bond donors (Lipinski definition) is 0. The summed E-state index contributed by atoms with van der Waals surface area (Å²) >= 11 is 0. The van der Waals surface area contributed by atoms with Gasteiger partial charge in [0.2, 0.25) is 0 Å². The van der Waals surface area contributed by atoms with E-state index in [1.807, 2.05) is 4.90 Å². The second kappa shape index (κ2) is 4.43. The lowest BCUT2D eigenvalue weighted by Gasteiger charge is -2.34. The summed E-state index contributed by atoms with van der Waals surface area (Å²) in [6.45, 7) is 1.60. The Morgan fingerprint density at radius 3 is 2.45 bits per heavy atom. The standard InChI is InChI=1S/C13H15N3O4/c17-15(18)10-2-3-11(12(8-10)16(19)20)14-7-1-4-13(9-14)5-6-13/h2-3,8H,1,4-7,9H2. The Morgan fingerprint density at radius 2 is 1.85 bits per heavy atom. The number of nitro benzene ring substituents is 2. The molecule has 7 heteroatoms. The molecule has 3 rings (SSSR count). The number of anilines is 1. The van der Waals surface area contributed by atoms with Crippen LogP contribution < -0.4 is 4.90 Å². The Morgan fingerprint density at radius 1 is 1.10 bits per heavy atom. The van der Waals surface area contributed by atoms with Crippen LogP contribution in [0.3, 0.4) is 0 Å². The molecule has 1 saturated heterocycles. The zero-order valence-electron chi connectivity index (χ0n) is 10.9. The largest absolute Gasteiger partial charge is 0.365 e. The molecule has 0 N–H and O–H groups in total. The molecule has 0 radical (unpaired) electrons. The first kappa shape index (κ1) is 12.8. The van der Waals surface area contributed by atoms with Gasteiger partial charge in [0.15, 0.2) is 0 Å². The number of benzene rings is 1. The van der Waals surface area contributed by atoms with Crippen molar-refractivity contribution >= 4 is 17.1 Å². The number of non-ortho nitro benzene ring substituents is 1. The van der Waals surface area contributed by atoms with Gasteiger partial charge in [0.1, 0.15) is 5.69 Å². The van der Waals surface area contributed by atoms with Gasteiger partial charge in [0.25, 0.3) is 11.4 Å². The lowest BCUT2D eigenvalue weighted by atomic mass is 9.94. The zero-order chi connectivity index (χ0) is 14.3. The first-order chi connectivity index (χ1) is 9.51. The third kappa shape index (κ3) is 2.19. The maximum atomic E-state index is 11.2. The van der Waals surface area contributed by atoms with Gasteiger partial charge in [-0.3, -0.25) is 20.2 Å². The fourth-order valence-electron chi connectivity index (χ4n) is 3.04. The Balaban J connectivity index is 1.95. The van der Waals surface area contributed by atoms with Crippen LogP contribution in [0, 0.1) is 25.6 Å². The summed E-state index contributed by atoms with van der Waals surface area (Å²) in [5.41, 5.74) is 0.440. The fraction of sp³-hybridized carbons (Fsp3) is 0.538. The van der Waals surface area contributed by atoms with Crippen LogP contribution in [0.2, 0.25) is 0 Å². The second-order valence-electron chi connectivity index (χ2n) is 5.71. The van der Waals surface area contributed by atoms with E-state index >= 15 is 0 Å².